The molecule has 0 atom stereocenters. The van der Waals surface area contributed by atoms with Crippen LogP contribution >= 0.6 is 0 Å². The van der Waals surface area contributed by atoms with E-state index >= 15 is 0 Å². The minimum atomic E-state index is -0.815. The van der Waals surface area contributed by atoms with E-state index < -0.39 is 11.8 Å². The predicted octanol–water partition coefficient (Wildman–Crippen LogP) is 7.06. The van der Waals surface area contributed by atoms with E-state index in [1.165, 1.54) is 50.5 Å². The molecule has 0 radical (unpaired) electrons. The van der Waals surface area contributed by atoms with Gasteiger partial charge in [0.05, 0.1) is 12.2 Å². The summed E-state index contributed by atoms with van der Waals surface area (Å²) in [5.41, 5.74) is 1.50. The summed E-state index contributed by atoms with van der Waals surface area (Å²) >= 11 is 0. The van der Waals surface area contributed by atoms with Crippen LogP contribution in [0.25, 0.3) is 0 Å². The van der Waals surface area contributed by atoms with E-state index in [2.05, 4.69) is 38.1 Å². The molecule has 0 spiro atoms. The van der Waals surface area contributed by atoms with Crippen LogP contribution in [0.4, 0.5) is 4.79 Å². The number of hydrogen-bond donors (Lipinski definition) is 1. The lowest BCUT2D eigenvalue weighted by atomic mass is 9.78. The minimum Gasteiger partial charge on any atom is -0.434 e. The molecule has 4 nitrogen and oxygen atoms in total. The van der Waals surface area contributed by atoms with E-state index in [-0.39, 0.29) is 6.10 Å². The van der Waals surface area contributed by atoms with Crippen molar-refractivity contribution in [1.82, 2.24) is 0 Å². The molecule has 0 bridgehead atoms. The Balaban J connectivity index is 1.66. The van der Waals surface area contributed by atoms with Crippen LogP contribution in [0.5, 0.6) is 0 Å². The second kappa shape index (κ2) is 13.7. The van der Waals surface area contributed by atoms with Crippen molar-refractivity contribution in [2.45, 2.75) is 115 Å². The summed E-state index contributed by atoms with van der Waals surface area (Å²) in [5.74, 6) is 0. The number of carbonyl (C=O) groups is 1. The first-order valence-electron chi connectivity index (χ1n) is 12.2. The SMILES string of the molecule is CCCCCCCCOC(=O)OC1CCC(O)(c2ccc(CCCCC)cc2)CC1. The number of ether oxygens (including phenoxy) is 2. The number of rotatable bonds is 13. The third-order valence-corrected chi connectivity index (χ3v) is 6.30. The smallest absolute Gasteiger partial charge is 0.434 e. The van der Waals surface area contributed by atoms with Crippen LogP contribution < -0.4 is 0 Å². The van der Waals surface area contributed by atoms with E-state index in [1.54, 1.807) is 0 Å². The molecule has 1 aromatic rings. The first kappa shape index (κ1) is 24.7. The van der Waals surface area contributed by atoms with Crippen LogP contribution in [-0.2, 0) is 21.5 Å². The van der Waals surface area contributed by atoms with E-state index in [9.17, 15) is 9.90 Å². The Morgan fingerprint density at radius 3 is 2.20 bits per heavy atom. The Labute approximate surface area is 183 Å². The van der Waals surface area contributed by atoms with Gasteiger partial charge in [0.1, 0.15) is 6.10 Å². The molecule has 2 rings (SSSR count). The van der Waals surface area contributed by atoms with Gasteiger partial charge in [-0.3, -0.25) is 0 Å². The highest BCUT2D eigenvalue weighted by molar-refractivity contribution is 5.60. The molecule has 0 aliphatic heterocycles. The molecule has 0 saturated heterocycles. The van der Waals surface area contributed by atoms with Crippen molar-refractivity contribution in [1.29, 1.82) is 0 Å². The number of aliphatic hydroxyl groups is 1. The molecule has 1 aliphatic carbocycles. The van der Waals surface area contributed by atoms with Crippen LogP contribution in [-0.4, -0.2) is 24.0 Å². The summed E-state index contributed by atoms with van der Waals surface area (Å²) in [5, 5.41) is 11.1. The fourth-order valence-corrected chi connectivity index (χ4v) is 4.24. The first-order valence-corrected chi connectivity index (χ1v) is 12.2. The molecule has 30 heavy (non-hydrogen) atoms. The summed E-state index contributed by atoms with van der Waals surface area (Å²) in [6.45, 7) is 4.86. The lowest BCUT2D eigenvalue weighted by Crippen LogP contribution is -2.35. The second-order valence-electron chi connectivity index (χ2n) is 8.87. The van der Waals surface area contributed by atoms with Gasteiger partial charge in [-0.05, 0) is 56.1 Å². The standard InChI is InChI=1S/C26H42O4/c1-3-5-7-8-9-11-21-29-25(27)30-24-17-19-26(28,20-18-24)23-15-13-22(14-16-23)12-10-6-4-2/h13-16,24,28H,3-12,17-21H2,1-2H3. The Kier molecular flexibility index (Phi) is 11.3. The highest BCUT2D eigenvalue weighted by Crippen LogP contribution is 2.38. The molecule has 1 saturated carbocycles. The number of aryl methyl sites for hydroxylation is 1. The van der Waals surface area contributed by atoms with Crippen LogP contribution in [0, 0.1) is 0 Å². The fraction of sp³-hybridized carbons (Fsp3) is 0.731. The molecule has 0 heterocycles. The zero-order chi connectivity index (χ0) is 21.7. The van der Waals surface area contributed by atoms with Gasteiger partial charge in [0.25, 0.3) is 0 Å². The van der Waals surface area contributed by atoms with Crippen molar-refractivity contribution >= 4 is 6.16 Å². The maximum absolute atomic E-state index is 11.9. The molecule has 0 unspecified atom stereocenters. The van der Waals surface area contributed by atoms with Crippen LogP contribution in [0.15, 0.2) is 24.3 Å². The van der Waals surface area contributed by atoms with Gasteiger partial charge in [-0.1, -0.05) is 83.1 Å². The molecule has 0 aromatic heterocycles. The number of unbranched alkanes of at least 4 members (excludes halogenated alkanes) is 7. The molecular weight excluding hydrogens is 376 g/mol. The van der Waals surface area contributed by atoms with Gasteiger partial charge >= 0.3 is 6.16 Å². The number of carbonyl (C=O) groups excluding carboxylic acids is 1. The van der Waals surface area contributed by atoms with Crippen LogP contribution in [0.1, 0.15) is 108 Å². The minimum absolute atomic E-state index is 0.157. The van der Waals surface area contributed by atoms with E-state index in [1.807, 2.05) is 0 Å². The largest absolute Gasteiger partial charge is 0.508 e. The topological polar surface area (TPSA) is 55.8 Å². The lowest BCUT2D eigenvalue weighted by molar-refractivity contribution is -0.0538. The van der Waals surface area contributed by atoms with Gasteiger partial charge in [-0.25, -0.2) is 4.79 Å². The van der Waals surface area contributed by atoms with E-state index in [0.29, 0.717) is 32.3 Å². The number of benzene rings is 1. The maximum Gasteiger partial charge on any atom is 0.508 e. The highest BCUT2D eigenvalue weighted by atomic mass is 16.7. The van der Waals surface area contributed by atoms with Gasteiger partial charge in [0.15, 0.2) is 0 Å². The van der Waals surface area contributed by atoms with Gasteiger partial charge < -0.3 is 14.6 Å². The second-order valence-corrected chi connectivity index (χ2v) is 8.87. The first-order chi connectivity index (χ1) is 14.6. The zero-order valence-corrected chi connectivity index (χ0v) is 19.2. The van der Waals surface area contributed by atoms with Crippen LogP contribution in [0.2, 0.25) is 0 Å². The molecule has 4 heteroatoms. The Morgan fingerprint density at radius 1 is 0.933 bits per heavy atom. The molecule has 170 valence electrons. The molecule has 1 N–H and O–H groups in total. The van der Waals surface area contributed by atoms with Crippen molar-refractivity contribution in [2.75, 3.05) is 6.61 Å². The predicted molar refractivity (Wildman–Crippen MR) is 122 cm³/mol. The third kappa shape index (κ3) is 8.67. The van der Waals surface area contributed by atoms with E-state index in [0.717, 1.165) is 24.8 Å². The monoisotopic (exact) mass is 418 g/mol. The van der Waals surface area contributed by atoms with Crippen LogP contribution in [0.3, 0.4) is 0 Å². The quantitative estimate of drug-likeness (QED) is 0.275. The van der Waals surface area contributed by atoms with Crippen molar-refractivity contribution < 1.29 is 19.4 Å². The third-order valence-electron chi connectivity index (χ3n) is 6.30. The Morgan fingerprint density at radius 2 is 1.53 bits per heavy atom. The number of hydrogen-bond acceptors (Lipinski definition) is 4. The Hall–Kier alpha value is -1.55. The van der Waals surface area contributed by atoms with Gasteiger partial charge in [0, 0.05) is 0 Å². The molecular formula is C26H42O4. The summed E-state index contributed by atoms with van der Waals surface area (Å²) in [4.78, 5) is 11.9. The normalized spacial score (nSPS) is 21.4. The molecule has 1 aliphatic rings. The molecule has 1 fully saturated rings. The summed E-state index contributed by atoms with van der Waals surface area (Å²) in [7, 11) is 0. The van der Waals surface area contributed by atoms with Crippen molar-refractivity contribution in [2.24, 2.45) is 0 Å². The van der Waals surface area contributed by atoms with Gasteiger partial charge in [-0.2, -0.15) is 0 Å². The Bertz CT molecular complexity index is 588. The maximum atomic E-state index is 11.9. The zero-order valence-electron chi connectivity index (χ0n) is 19.2. The van der Waals surface area contributed by atoms with Crippen molar-refractivity contribution in [3.63, 3.8) is 0 Å². The average molecular weight is 419 g/mol. The lowest BCUT2D eigenvalue weighted by Gasteiger charge is -2.36. The van der Waals surface area contributed by atoms with Gasteiger partial charge in [0.2, 0.25) is 0 Å². The van der Waals surface area contributed by atoms with E-state index in [4.69, 9.17) is 9.47 Å². The summed E-state index contributed by atoms with van der Waals surface area (Å²) in [6, 6.07) is 8.42. The van der Waals surface area contributed by atoms with Crippen molar-refractivity contribution in [3.8, 4) is 0 Å². The summed E-state index contributed by atoms with van der Waals surface area (Å²) in [6.07, 6.45) is 13.6. The van der Waals surface area contributed by atoms with Crippen molar-refractivity contribution in [3.05, 3.63) is 35.4 Å². The van der Waals surface area contributed by atoms with Gasteiger partial charge in [-0.15, -0.1) is 0 Å². The molecule has 1 aromatic carbocycles. The average Bonchev–Trinajstić information content (AvgIpc) is 2.75. The molecule has 0 amide bonds. The highest BCUT2D eigenvalue weighted by Gasteiger charge is 2.36. The fourth-order valence-electron chi connectivity index (χ4n) is 4.24. The summed E-state index contributed by atoms with van der Waals surface area (Å²) < 4.78 is 10.7.